The maximum absolute atomic E-state index is 11.6. The molecule has 0 atom stereocenters. The number of nitrogens with one attached hydrogen (secondary N) is 2. The van der Waals surface area contributed by atoms with Crippen LogP contribution < -0.4 is 16.4 Å². The summed E-state index contributed by atoms with van der Waals surface area (Å²) >= 11 is 1.20. The summed E-state index contributed by atoms with van der Waals surface area (Å²) in [5.41, 5.74) is 6.11. The number of amides is 1. The highest BCUT2D eigenvalue weighted by Crippen LogP contribution is 2.26. The molecule has 0 aliphatic rings. The van der Waals surface area contributed by atoms with E-state index in [1.807, 2.05) is 0 Å². The fourth-order valence-electron chi connectivity index (χ4n) is 1.49. The topological polar surface area (TPSA) is 89.3 Å². The Bertz CT molecular complexity index is 395. The molecule has 0 saturated heterocycles. The molecule has 19 heavy (non-hydrogen) atoms. The van der Waals surface area contributed by atoms with Gasteiger partial charge < -0.3 is 21.1 Å². The quantitative estimate of drug-likeness (QED) is 0.601. The van der Waals surface area contributed by atoms with Gasteiger partial charge in [-0.1, -0.05) is 13.3 Å². The molecule has 0 unspecified atom stereocenters. The molecule has 0 aromatic carbocycles. The molecule has 7 heteroatoms. The number of nitrogens with zero attached hydrogens (tertiary/aromatic N) is 1. The zero-order valence-electron chi connectivity index (χ0n) is 11.5. The van der Waals surface area contributed by atoms with Crippen molar-refractivity contribution in [1.29, 1.82) is 0 Å². The smallest absolute Gasteiger partial charge is 0.257 e. The predicted octanol–water partition coefficient (Wildman–Crippen LogP) is 1.70. The first-order valence-corrected chi connectivity index (χ1v) is 7.26. The summed E-state index contributed by atoms with van der Waals surface area (Å²) in [5, 5.41) is 6.45. The van der Waals surface area contributed by atoms with E-state index < -0.39 is 0 Å². The minimum atomic E-state index is -0.215. The Morgan fingerprint density at radius 1 is 1.42 bits per heavy atom. The number of rotatable bonds is 9. The van der Waals surface area contributed by atoms with Gasteiger partial charge in [0, 0.05) is 26.8 Å². The molecule has 0 aliphatic carbocycles. The number of hydrogen-bond acceptors (Lipinski definition) is 6. The van der Waals surface area contributed by atoms with Crippen LogP contribution >= 0.6 is 11.5 Å². The van der Waals surface area contributed by atoms with Crippen molar-refractivity contribution in [3.05, 3.63) is 5.56 Å². The van der Waals surface area contributed by atoms with Crippen LogP contribution in [0.15, 0.2) is 0 Å². The van der Waals surface area contributed by atoms with Gasteiger partial charge in [0.05, 0.1) is 0 Å². The van der Waals surface area contributed by atoms with Crippen LogP contribution in [0.25, 0.3) is 0 Å². The predicted molar refractivity (Wildman–Crippen MR) is 78.8 cm³/mol. The molecule has 1 heterocycles. The van der Waals surface area contributed by atoms with Crippen LogP contribution in [0.1, 0.15) is 36.5 Å². The van der Waals surface area contributed by atoms with E-state index in [0.29, 0.717) is 10.6 Å². The molecule has 0 bridgehead atoms. The number of ether oxygens (including phenoxy) is 1. The Labute approximate surface area is 117 Å². The molecule has 0 aliphatic heterocycles. The summed E-state index contributed by atoms with van der Waals surface area (Å²) < 4.78 is 9.45. The van der Waals surface area contributed by atoms with Crippen LogP contribution in [0, 0.1) is 0 Å². The number of aromatic nitrogens is 1. The van der Waals surface area contributed by atoms with Crippen LogP contribution in [0.5, 0.6) is 0 Å². The maximum Gasteiger partial charge on any atom is 0.257 e. The zero-order chi connectivity index (χ0) is 14.1. The van der Waals surface area contributed by atoms with Gasteiger partial charge in [0.15, 0.2) is 5.82 Å². The first-order chi connectivity index (χ1) is 9.20. The Balaban J connectivity index is 2.31. The average molecular weight is 286 g/mol. The minimum absolute atomic E-state index is 0.215. The SMILES string of the molecule is CCCCOCCCNc1snc(N)c1C(=O)NC. The van der Waals surface area contributed by atoms with Crippen LogP contribution in [0.4, 0.5) is 10.8 Å². The standard InChI is InChI=1S/C12H22N4O2S/c1-3-4-7-18-8-5-6-15-12-9(11(17)14-2)10(13)16-19-12/h15H,3-8H2,1-2H3,(H2,13,16)(H,14,17). The zero-order valence-corrected chi connectivity index (χ0v) is 12.3. The normalized spacial score (nSPS) is 10.4. The molecule has 0 fully saturated rings. The van der Waals surface area contributed by atoms with Crippen molar-refractivity contribution in [3.8, 4) is 0 Å². The van der Waals surface area contributed by atoms with Crippen molar-refractivity contribution < 1.29 is 9.53 Å². The van der Waals surface area contributed by atoms with Crippen molar-refractivity contribution in [2.75, 3.05) is 37.9 Å². The van der Waals surface area contributed by atoms with Crippen molar-refractivity contribution in [1.82, 2.24) is 9.69 Å². The van der Waals surface area contributed by atoms with Gasteiger partial charge >= 0.3 is 0 Å². The summed E-state index contributed by atoms with van der Waals surface area (Å²) in [6.45, 7) is 4.40. The highest BCUT2D eigenvalue weighted by atomic mass is 32.1. The minimum Gasteiger partial charge on any atom is -0.382 e. The van der Waals surface area contributed by atoms with Gasteiger partial charge in [-0.05, 0) is 24.4 Å². The number of hydrogen-bond donors (Lipinski definition) is 3. The van der Waals surface area contributed by atoms with Crippen molar-refractivity contribution in [3.63, 3.8) is 0 Å². The summed E-state index contributed by atoms with van der Waals surface area (Å²) in [4.78, 5) is 11.6. The van der Waals surface area contributed by atoms with Crippen molar-refractivity contribution in [2.45, 2.75) is 26.2 Å². The molecular weight excluding hydrogens is 264 g/mol. The van der Waals surface area contributed by atoms with Crippen LogP contribution in [0.2, 0.25) is 0 Å². The number of nitrogens with two attached hydrogens (primary N) is 1. The number of carbonyl (C=O) groups excluding carboxylic acids is 1. The van der Waals surface area contributed by atoms with Gasteiger partial charge in [-0.2, -0.15) is 4.37 Å². The van der Waals surface area contributed by atoms with Gasteiger partial charge in [0.1, 0.15) is 10.6 Å². The number of anilines is 2. The highest BCUT2D eigenvalue weighted by molar-refractivity contribution is 7.11. The fraction of sp³-hybridized carbons (Fsp3) is 0.667. The molecule has 0 radical (unpaired) electrons. The van der Waals surface area contributed by atoms with Crippen molar-refractivity contribution >= 4 is 28.3 Å². The van der Waals surface area contributed by atoms with E-state index in [1.165, 1.54) is 11.5 Å². The Morgan fingerprint density at radius 3 is 2.84 bits per heavy atom. The number of carbonyl (C=O) groups is 1. The lowest BCUT2D eigenvalue weighted by atomic mass is 10.3. The number of nitrogen functional groups attached to an aromatic ring is 1. The van der Waals surface area contributed by atoms with Crippen molar-refractivity contribution in [2.24, 2.45) is 0 Å². The summed E-state index contributed by atoms with van der Waals surface area (Å²) in [6.07, 6.45) is 3.13. The molecule has 108 valence electrons. The molecule has 0 saturated carbocycles. The first-order valence-electron chi connectivity index (χ1n) is 6.49. The van der Waals surface area contributed by atoms with E-state index in [1.54, 1.807) is 7.05 Å². The van der Waals surface area contributed by atoms with Gasteiger partial charge in [-0.3, -0.25) is 4.79 Å². The Morgan fingerprint density at radius 2 is 2.16 bits per heavy atom. The summed E-state index contributed by atoms with van der Waals surface area (Å²) in [7, 11) is 1.57. The van der Waals surface area contributed by atoms with E-state index >= 15 is 0 Å². The van der Waals surface area contributed by atoms with Gasteiger partial charge in [-0.25, -0.2) is 0 Å². The fourth-order valence-corrected chi connectivity index (χ4v) is 2.23. The molecule has 6 nitrogen and oxygen atoms in total. The average Bonchev–Trinajstić information content (AvgIpc) is 2.78. The molecule has 4 N–H and O–H groups in total. The number of unbranched alkanes of at least 4 members (excludes halogenated alkanes) is 1. The van der Waals surface area contributed by atoms with E-state index in [9.17, 15) is 4.79 Å². The van der Waals surface area contributed by atoms with E-state index in [0.717, 1.165) is 39.0 Å². The van der Waals surface area contributed by atoms with E-state index in [2.05, 4.69) is 21.9 Å². The third-order valence-corrected chi connectivity index (χ3v) is 3.38. The van der Waals surface area contributed by atoms with E-state index in [4.69, 9.17) is 10.5 Å². The van der Waals surface area contributed by atoms with Gasteiger partial charge in [-0.15, -0.1) is 0 Å². The lowest BCUT2D eigenvalue weighted by Gasteiger charge is -2.06. The monoisotopic (exact) mass is 286 g/mol. The molecule has 1 rings (SSSR count). The second-order valence-corrected chi connectivity index (χ2v) is 4.87. The summed E-state index contributed by atoms with van der Waals surface area (Å²) in [5.74, 6) is 0.0546. The molecule has 1 amide bonds. The maximum atomic E-state index is 11.6. The Kier molecular flexibility index (Phi) is 7.20. The van der Waals surface area contributed by atoms with Gasteiger partial charge in [0.25, 0.3) is 5.91 Å². The Hall–Kier alpha value is -1.34. The third kappa shape index (κ3) is 5.04. The molecule has 1 aromatic heterocycles. The summed E-state index contributed by atoms with van der Waals surface area (Å²) in [6, 6.07) is 0. The largest absolute Gasteiger partial charge is 0.382 e. The molecule has 0 spiro atoms. The molecule has 1 aromatic rings. The van der Waals surface area contributed by atoms with Crippen LogP contribution in [-0.4, -0.2) is 37.1 Å². The van der Waals surface area contributed by atoms with Crippen LogP contribution in [-0.2, 0) is 4.74 Å². The second-order valence-electron chi connectivity index (χ2n) is 4.10. The highest BCUT2D eigenvalue weighted by Gasteiger charge is 2.17. The first kappa shape index (κ1) is 15.7. The van der Waals surface area contributed by atoms with Crippen LogP contribution in [0.3, 0.4) is 0 Å². The lowest BCUT2D eigenvalue weighted by molar-refractivity contribution is 0.0965. The third-order valence-electron chi connectivity index (χ3n) is 2.57. The lowest BCUT2D eigenvalue weighted by Crippen LogP contribution is -2.20. The van der Waals surface area contributed by atoms with Gasteiger partial charge in [0.2, 0.25) is 0 Å². The molecular formula is C12H22N4O2S. The van der Waals surface area contributed by atoms with E-state index in [-0.39, 0.29) is 11.7 Å². The second kappa shape index (κ2) is 8.71.